The maximum Gasteiger partial charge on any atom is 0.161 e. The highest BCUT2D eigenvalue weighted by Crippen LogP contribution is 2.34. The van der Waals surface area contributed by atoms with Crippen molar-refractivity contribution in [1.29, 1.82) is 0 Å². The molecule has 0 aliphatic carbocycles. The zero-order valence-corrected chi connectivity index (χ0v) is 11.7. The second-order valence-electron chi connectivity index (χ2n) is 4.18. The van der Waals surface area contributed by atoms with Crippen molar-refractivity contribution in [3.8, 4) is 11.5 Å². The zero-order chi connectivity index (χ0) is 14.4. The SMILES string of the molecule is COc1cc2ccnc(NC/C=C/CN)c2cc1OC. The van der Waals surface area contributed by atoms with Gasteiger partial charge in [-0.3, -0.25) is 0 Å². The summed E-state index contributed by atoms with van der Waals surface area (Å²) in [5.74, 6) is 2.21. The summed E-state index contributed by atoms with van der Waals surface area (Å²) in [5.41, 5.74) is 5.41. The monoisotopic (exact) mass is 273 g/mol. The lowest BCUT2D eigenvalue weighted by Gasteiger charge is -2.11. The molecule has 0 fully saturated rings. The Hall–Kier alpha value is -2.27. The van der Waals surface area contributed by atoms with E-state index < -0.39 is 0 Å². The molecule has 0 bridgehead atoms. The molecule has 0 saturated carbocycles. The minimum atomic E-state index is 0.537. The molecule has 0 unspecified atom stereocenters. The summed E-state index contributed by atoms with van der Waals surface area (Å²) in [6.07, 6.45) is 5.65. The van der Waals surface area contributed by atoms with E-state index in [9.17, 15) is 0 Å². The Morgan fingerprint density at radius 2 is 1.95 bits per heavy atom. The van der Waals surface area contributed by atoms with Crippen molar-refractivity contribution >= 4 is 16.6 Å². The molecule has 0 atom stereocenters. The number of aromatic nitrogens is 1. The van der Waals surface area contributed by atoms with Crippen LogP contribution < -0.4 is 20.5 Å². The lowest BCUT2D eigenvalue weighted by molar-refractivity contribution is 0.356. The second kappa shape index (κ2) is 6.77. The molecular weight excluding hydrogens is 254 g/mol. The highest BCUT2D eigenvalue weighted by atomic mass is 16.5. The van der Waals surface area contributed by atoms with Crippen LogP contribution in [-0.4, -0.2) is 32.3 Å². The summed E-state index contributed by atoms with van der Waals surface area (Å²) in [5, 5.41) is 5.30. The van der Waals surface area contributed by atoms with E-state index in [0.717, 1.165) is 16.6 Å². The van der Waals surface area contributed by atoms with Gasteiger partial charge in [-0.1, -0.05) is 12.2 Å². The summed E-state index contributed by atoms with van der Waals surface area (Å²) in [4.78, 5) is 4.36. The number of rotatable bonds is 6. The van der Waals surface area contributed by atoms with Gasteiger partial charge in [0.1, 0.15) is 5.82 Å². The molecule has 0 aliphatic heterocycles. The van der Waals surface area contributed by atoms with E-state index in [-0.39, 0.29) is 0 Å². The van der Waals surface area contributed by atoms with Crippen LogP contribution in [0.5, 0.6) is 11.5 Å². The summed E-state index contributed by atoms with van der Waals surface area (Å²) in [6, 6.07) is 5.81. The van der Waals surface area contributed by atoms with Crippen molar-refractivity contribution in [2.24, 2.45) is 5.73 Å². The van der Waals surface area contributed by atoms with Gasteiger partial charge in [0.05, 0.1) is 14.2 Å². The standard InChI is InChI=1S/C15H19N3O2/c1-19-13-9-11-5-8-18-15(17-7-4-3-6-16)12(11)10-14(13)20-2/h3-5,8-10H,6-7,16H2,1-2H3,(H,17,18)/b4-3+. The van der Waals surface area contributed by atoms with Gasteiger partial charge in [-0.2, -0.15) is 0 Å². The number of nitrogens with zero attached hydrogens (tertiary/aromatic N) is 1. The van der Waals surface area contributed by atoms with E-state index in [1.165, 1.54) is 0 Å². The fourth-order valence-electron chi connectivity index (χ4n) is 1.98. The number of ether oxygens (including phenoxy) is 2. The fourth-order valence-corrected chi connectivity index (χ4v) is 1.98. The summed E-state index contributed by atoms with van der Waals surface area (Å²) >= 11 is 0. The topological polar surface area (TPSA) is 69.4 Å². The third-order valence-corrected chi connectivity index (χ3v) is 2.96. The third-order valence-electron chi connectivity index (χ3n) is 2.96. The van der Waals surface area contributed by atoms with Crippen LogP contribution in [0.2, 0.25) is 0 Å². The van der Waals surface area contributed by atoms with Gasteiger partial charge in [0.25, 0.3) is 0 Å². The number of anilines is 1. The van der Waals surface area contributed by atoms with Crippen LogP contribution in [0.4, 0.5) is 5.82 Å². The molecule has 2 aromatic rings. The molecule has 1 heterocycles. The average Bonchev–Trinajstić information content (AvgIpc) is 2.50. The lowest BCUT2D eigenvalue weighted by atomic mass is 10.1. The molecule has 0 radical (unpaired) electrons. The van der Waals surface area contributed by atoms with Crippen molar-refractivity contribution in [1.82, 2.24) is 4.98 Å². The van der Waals surface area contributed by atoms with Crippen molar-refractivity contribution in [2.45, 2.75) is 0 Å². The zero-order valence-electron chi connectivity index (χ0n) is 11.7. The highest BCUT2D eigenvalue weighted by Gasteiger charge is 2.09. The van der Waals surface area contributed by atoms with Gasteiger partial charge in [0, 0.05) is 24.7 Å². The fraction of sp³-hybridized carbons (Fsp3) is 0.267. The molecule has 5 nitrogen and oxygen atoms in total. The van der Waals surface area contributed by atoms with Crippen LogP contribution in [0.3, 0.4) is 0 Å². The quantitative estimate of drug-likeness (QED) is 0.789. The molecule has 3 N–H and O–H groups in total. The van der Waals surface area contributed by atoms with Crippen molar-refractivity contribution in [3.63, 3.8) is 0 Å². The van der Waals surface area contributed by atoms with E-state index in [0.29, 0.717) is 24.6 Å². The first-order valence-electron chi connectivity index (χ1n) is 6.39. The van der Waals surface area contributed by atoms with E-state index in [2.05, 4.69) is 10.3 Å². The smallest absolute Gasteiger partial charge is 0.161 e. The maximum absolute atomic E-state index is 5.41. The van der Waals surface area contributed by atoms with Gasteiger partial charge in [0.2, 0.25) is 0 Å². The summed E-state index contributed by atoms with van der Waals surface area (Å²) in [7, 11) is 3.25. The molecule has 0 spiro atoms. The minimum Gasteiger partial charge on any atom is -0.493 e. The maximum atomic E-state index is 5.41. The third kappa shape index (κ3) is 3.00. The molecular formula is C15H19N3O2. The number of fused-ring (bicyclic) bond motifs is 1. The highest BCUT2D eigenvalue weighted by molar-refractivity contribution is 5.94. The van der Waals surface area contributed by atoms with Gasteiger partial charge >= 0.3 is 0 Å². The second-order valence-corrected chi connectivity index (χ2v) is 4.18. The first-order chi connectivity index (χ1) is 9.80. The van der Waals surface area contributed by atoms with Crippen LogP contribution in [0, 0.1) is 0 Å². The number of pyridine rings is 1. The minimum absolute atomic E-state index is 0.537. The van der Waals surface area contributed by atoms with E-state index in [1.807, 2.05) is 30.4 Å². The molecule has 20 heavy (non-hydrogen) atoms. The number of methoxy groups -OCH3 is 2. The molecule has 0 saturated heterocycles. The van der Waals surface area contributed by atoms with Crippen LogP contribution in [0.1, 0.15) is 0 Å². The van der Waals surface area contributed by atoms with Gasteiger partial charge in [0.15, 0.2) is 11.5 Å². The Morgan fingerprint density at radius 1 is 1.20 bits per heavy atom. The Labute approximate surface area is 118 Å². The predicted molar refractivity (Wildman–Crippen MR) is 81.5 cm³/mol. The molecule has 5 heteroatoms. The van der Waals surface area contributed by atoms with E-state index in [4.69, 9.17) is 15.2 Å². The van der Waals surface area contributed by atoms with E-state index >= 15 is 0 Å². The molecule has 0 amide bonds. The largest absolute Gasteiger partial charge is 0.493 e. The Kier molecular flexibility index (Phi) is 4.79. The number of hydrogen-bond acceptors (Lipinski definition) is 5. The first kappa shape index (κ1) is 14.1. The number of hydrogen-bond donors (Lipinski definition) is 2. The molecule has 1 aromatic carbocycles. The van der Waals surface area contributed by atoms with Crippen molar-refractivity contribution < 1.29 is 9.47 Å². The van der Waals surface area contributed by atoms with Crippen molar-refractivity contribution in [2.75, 3.05) is 32.6 Å². The summed E-state index contributed by atoms with van der Waals surface area (Å²) in [6.45, 7) is 1.22. The van der Waals surface area contributed by atoms with Crippen LogP contribution in [0.15, 0.2) is 36.5 Å². The number of nitrogens with two attached hydrogens (primary N) is 1. The molecule has 0 aliphatic rings. The van der Waals surface area contributed by atoms with Crippen LogP contribution >= 0.6 is 0 Å². The normalized spacial score (nSPS) is 10.9. The van der Waals surface area contributed by atoms with E-state index in [1.54, 1.807) is 20.4 Å². The summed E-state index contributed by atoms with van der Waals surface area (Å²) < 4.78 is 10.6. The van der Waals surface area contributed by atoms with Gasteiger partial charge in [-0.05, 0) is 23.6 Å². The van der Waals surface area contributed by atoms with Crippen molar-refractivity contribution in [3.05, 3.63) is 36.5 Å². The Balaban J connectivity index is 2.37. The average molecular weight is 273 g/mol. The lowest BCUT2D eigenvalue weighted by Crippen LogP contribution is -2.02. The van der Waals surface area contributed by atoms with Gasteiger partial charge < -0.3 is 20.5 Å². The Morgan fingerprint density at radius 3 is 2.65 bits per heavy atom. The number of nitrogens with one attached hydrogen (secondary N) is 1. The van der Waals surface area contributed by atoms with Crippen LogP contribution in [0.25, 0.3) is 10.8 Å². The molecule has 106 valence electrons. The number of benzene rings is 1. The van der Waals surface area contributed by atoms with Gasteiger partial charge in [-0.25, -0.2) is 4.98 Å². The van der Waals surface area contributed by atoms with Gasteiger partial charge in [-0.15, -0.1) is 0 Å². The molecule has 2 rings (SSSR count). The Bertz CT molecular complexity index is 611. The molecule has 1 aromatic heterocycles. The predicted octanol–water partition coefficient (Wildman–Crippen LogP) is 2.18. The van der Waals surface area contributed by atoms with Crippen LogP contribution in [-0.2, 0) is 0 Å². The first-order valence-corrected chi connectivity index (χ1v) is 6.39.